The molecule has 0 bridgehead atoms. The number of hydrogen-bond acceptors (Lipinski definition) is 4. The normalized spacial score (nSPS) is 23.2. The van der Waals surface area contributed by atoms with Gasteiger partial charge in [0.15, 0.2) is 5.82 Å². The summed E-state index contributed by atoms with van der Waals surface area (Å²) in [5, 5.41) is 13.3. The number of nitrogens with two attached hydrogens (primary N) is 1. The van der Waals surface area contributed by atoms with Crippen molar-refractivity contribution in [2.75, 3.05) is 5.73 Å². The van der Waals surface area contributed by atoms with Gasteiger partial charge >= 0.3 is 0 Å². The van der Waals surface area contributed by atoms with Crippen LogP contribution >= 0.6 is 0 Å². The van der Waals surface area contributed by atoms with Crippen molar-refractivity contribution in [1.29, 1.82) is 0 Å². The molecule has 60 valence electrons. The molecule has 1 aromatic heterocycles. The van der Waals surface area contributed by atoms with Gasteiger partial charge in [0.05, 0.1) is 0 Å². The molecule has 5 heteroatoms. The van der Waals surface area contributed by atoms with E-state index in [0.29, 0.717) is 5.82 Å². The number of aliphatic hydroxyl groups is 1. The van der Waals surface area contributed by atoms with Gasteiger partial charge in [-0.25, -0.2) is 4.68 Å². The van der Waals surface area contributed by atoms with Crippen molar-refractivity contribution >= 4 is 5.95 Å². The fourth-order valence-corrected chi connectivity index (χ4v) is 1.35. The Morgan fingerprint density at radius 1 is 1.64 bits per heavy atom. The number of fused-ring (bicyclic) bond motifs is 1. The fraction of sp³-hybridized carbons (Fsp3) is 0.667. The number of aromatic nitrogens is 3. The Morgan fingerprint density at radius 3 is 3.18 bits per heavy atom. The third-order valence-electron chi connectivity index (χ3n) is 1.86. The molecule has 1 unspecified atom stereocenters. The maximum absolute atomic E-state index is 9.40. The van der Waals surface area contributed by atoms with E-state index in [1.165, 1.54) is 0 Å². The highest BCUT2D eigenvalue weighted by Gasteiger charge is 2.20. The van der Waals surface area contributed by atoms with Crippen LogP contribution in [0, 0.1) is 0 Å². The van der Waals surface area contributed by atoms with Crippen molar-refractivity contribution in [3.8, 4) is 0 Å². The number of nitrogens with zero attached hydrogens (tertiary/aromatic N) is 3. The van der Waals surface area contributed by atoms with E-state index >= 15 is 0 Å². The molecule has 1 atom stereocenters. The lowest BCUT2D eigenvalue weighted by Crippen LogP contribution is -2.16. The zero-order chi connectivity index (χ0) is 7.84. The van der Waals surface area contributed by atoms with E-state index in [-0.39, 0.29) is 5.95 Å². The van der Waals surface area contributed by atoms with Crippen LogP contribution in [0.1, 0.15) is 24.8 Å². The van der Waals surface area contributed by atoms with E-state index in [0.717, 1.165) is 19.4 Å². The topological polar surface area (TPSA) is 77.0 Å². The molecule has 11 heavy (non-hydrogen) atoms. The summed E-state index contributed by atoms with van der Waals surface area (Å²) in [4.78, 5) is 3.91. The van der Waals surface area contributed by atoms with E-state index in [1.807, 2.05) is 0 Å². The zero-order valence-corrected chi connectivity index (χ0v) is 6.06. The summed E-state index contributed by atoms with van der Waals surface area (Å²) in [6, 6.07) is 0. The van der Waals surface area contributed by atoms with Gasteiger partial charge in [-0.3, -0.25) is 0 Å². The summed E-state index contributed by atoms with van der Waals surface area (Å²) in [7, 11) is 0. The monoisotopic (exact) mass is 154 g/mol. The lowest BCUT2D eigenvalue weighted by molar-refractivity contribution is 0.130. The summed E-state index contributed by atoms with van der Waals surface area (Å²) in [5.74, 6) is 0.856. The predicted octanol–water partition coefficient (Wildman–Crippen LogP) is -0.313. The van der Waals surface area contributed by atoms with Gasteiger partial charge in [0.2, 0.25) is 5.95 Å². The van der Waals surface area contributed by atoms with Crippen LogP contribution in [-0.2, 0) is 6.54 Å². The van der Waals surface area contributed by atoms with E-state index < -0.39 is 6.10 Å². The highest BCUT2D eigenvalue weighted by atomic mass is 16.3. The Hall–Kier alpha value is -1.10. The van der Waals surface area contributed by atoms with Gasteiger partial charge < -0.3 is 10.8 Å². The Balaban J connectivity index is 2.43. The molecular formula is C6H10N4O. The molecule has 1 aromatic rings. The van der Waals surface area contributed by atoms with Crippen LogP contribution in [0.5, 0.6) is 0 Å². The van der Waals surface area contributed by atoms with Gasteiger partial charge in [-0.1, -0.05) is 0 Å². The van der Waals surface area contributed by atoms with Crippen molar-refractivity contribution in [3.63, 3.8) is 0 Å². The van der Waals surface area contributed by atoms with Crippen molar-refractivity contribution < 1.29 is 5.11 Å². The van der Waals surface area contributed by atoms with E-state index in [2.05, 4.69) is 10.1 Å². The fourth-order valence-electron chi connectivity index (χ4n) is 1.35. The molecule has 2 rings (SSSR count). The van der Waals surface area contributed by atoms with Gasteiger partial charge in [-0.2, -0.15) is 4.98 Å². The second-order valence-corrected chi connectivity index (χ2v) is 2.71. The Labute approximate surface area is 63.8 Å². The smallest absolute Gasteiger partial charge is 0.239 e. The molecule has 1 aliphatic heterocycles. The molecular weight excluding hydrogens is 144 g/mol. The summed E-state index contributed by atoms with van der Waals surface area (Å²) in [6.07, 6.45) is 1.23. The molecule has 0 radical (unpaired) electrons. The summed E-state index contributed by atoms with van der Waals surface area (Å²) < 4.78 is 1.67. The average molecular weight is 154 g/mol. The van der Waals surface area contributed by atoms with Crippen LogP contribution in [0.3, 0.4) is 0 Å². The van der Waals surface area contributed by atoms with Crippen LogP contribution in [0.2, 0.25) is 0 Å². The summed E-state index contributed by atoms with van der Waals surface area (Å²) in [6.45, 7) is 0.816. The zero-order valence-electron chi connectivity index (χ0n) is 6.06. The standard InChI is InChI=1S/C6H10N4O/c7-6-8-5-4(11)2-1-3-10(5)9-6/h4,11H,1-3H2,(H2,7,9). The first-order valence-corrected chi connectivity index (χ1v) is 3.65. The van der Waals surface area contributed by atoms with Gasteiger partial charge in [-0.15, -0.1) is 5.10 Å². The Bertz CT molecular complexity index is 270. The third kappa shape index (κ3) is 0.970. The second kappa shape index (κ2) is 2.20. The number of rotatable bonds is 0. The van der Waals surface area contributed by atoms with Crippen molar-refractivity contribution in [2.24, 2.45) is 0 Å². The minimum atomic E-state index is -0.478. The molecule has 0 aromatic carbocycles. The molecule has 0 saturated heterocycles. The average Bonchev–Trinajstić information content (AvgIpc) is 2.31. The SMILES string of the molecule is Nc1nc2n(n1)CCCC2O. The molecule has 0 fully saturated rings. The number of nitrogen functional groups attached to an aromatic ring is 1. The number of aliphatic hydroxyl groups excluding tert-OH is 1. The number of anilines is 1. The van der Waals surface area contributed by atoms with Crippen LogP contribution in [0.15, 0.2) is 0 Å². The van der Waals surface area contributed by atoms with Crippen molar-refractivity contribution in [1.82, 2.24) is 14.8 Å². The Morgan fingerprint density at radius 2 is 2.45 bits per heavy atom. The largest absolute Gasteiger partial charge is 0.385 e. The molecule has 5 nitrogen and oxygen atoms in total. The first-order valence-electron chi connectivity index (χ1n) is 3.65. The van der Waals surface area contributed by atoms with E-state index in [1.54, 1.807) is 4.68 Å². The molecule has 0 aliphatic carbocycles. The maximum Gasteiger partial charge on any atom is 0.239 e. The first kappa shape index (κ1) is 6.60. The van der Waals surface area contributed by atoms with E-state index in [4.69, 9.17) is 5.73 Å². The molecule has 0 saturated carbocycles. The van der Waals surface area contributed by atoms with Gasteiger partial charge in [0, 0.05) is 6.54 Å². The molecule has 0 spiro atoms. The molecule has 2 heterocycles. The minimum Gasteiger partial charge on any atom is -0.385 e. The van der Waals surface area contributed by atoms with Crippen LogP contribution in [0.25, 0.3) is 0 Å². The summed E-state index contributed by atoms with van der Waals surface area (Å²) >= 11 is 0. The summed E-state index contributed by atoms with van der Waals surface area (Å²) in [5.41, 5.74) is 5.37. The van der Waals surface area contributed by atoms with Crippen LogP contribution in [-0.4, -0.2) is 19.9 Å². The first-order chi connectivity index (χ1) is 5.27. The van der Waals surface area contributed by atoms with Gasteiger partial charge in [0.25, 0.3) is 0 Å². The van der Waals surface area contributed by atoms with Gasteiger partial charge in [0.1, 0.15) is 6.10 Å². The minimum absolute atomic E-state index is 0.251. The third-order valence-corrected chi connectivity index (χ3v) is 1.86. The lowest BCUT2D eigenvalue weighted by Gasteiger charge is -2.16. The second-order valence-electron chi connectivity index (χ2n) is 2.71. The van der Waals surface area contributed by atoms with Gasteiger partial charge in [-0.05, 0) is 12.8 Å². The number of hydrogen-bond donors (Lipinski definition) is 2. The molecule has 3 N–H and O–H groups in total. The van der Waals surface area contributed by atoms with Crippen LogP contribution < -0.4 is 5.73 Å². The van der Waals surface area contributed by atoms with Crippen molar-refractivity contribution in [2.45, 2.75) is 25.5 Å². The maximum atomic E-state index is 9.40. The Kier molecular flexibility index (Phi) is 1.32. The molecule has 1 aliphatic rings. The molecule has 0 amide bonds. The predicted molar refractivity (Wildman–Crippen MR) is 38.6 cm³/mol. The van der Waals surface area contributed by atoms with Crippen LogP contribution in [0.4, 0.5) is 5.95 Å². The highest BCUT2D eigenvalue weighted by molar-refractivity contribution is 5.15. The van der Waals surface area contributed by atoms with E-state index in [9.17, 15) is 5.11 Å². The highest BCUT2D eigenvalue weighted by Crippen LogP contribution is 2.22. The number of aryl methyl sites for hydroxylation is 1. The lowest BCUT2D eigenvalue weighted by atomic mass is 10.1. The van der Waals surface area contributed by atoms with Crippen molar-refractivity contribution in [3.05, 3.63) is 5.82 Å². The quantitative estimate of drug-likeness (QED) is 0.537.